The molecule has 1 aliphatic heterocycles. The van der Waals surface area contributed by atoms with E-state index in [9.17, 15) is 4.79 Å². The number of nitrogens with zero attached hydrogens (tertiary/aromatic N) is 3. The second kappa shape index (κ2) is 4.42. The lowest BCUT2D eigenvalue weighted by molar-refractivity contribution is 0.111. The minimum Gasteiger partial charge on any atom is -0.493 e. The molecule has 0 atom stereocenters. The third-order valence-corrected chi connectivity index (χ3v) is 3.05. The molecule has 1 aromatic carbocycles. The van der Waals surface area contributed by atoms with Gasteiger partial charge in [-0.3, -0.25) is 4.79 Å². The van der Waals surface area contributed by atoms with Gasteiger partial charge in [-0.25, -0.2) is 4.68 Å². The van der Waals surface area contributed by atoms with Gasteiger partial charge >= 0.3 is 0 Å². The number of fused-ring (bicyclic) bond motifs is 1. The topological polar surface area (TPSA) is 57.0 Å². The number of aromatic nitrogens is 3. The van der Waals surface area contributed by atoms with E-state index in [1.54, 1.807) is 10.9 Å². The van der Waals surface area contributed by atoms with Crippen LogP contribution in [0.1, 0.15) is 21.6 Å². The summed E-state index contributed by atoms with van der Waals surface area (Å²) in [5.41, 5.74) is 2.39. The highest BCUT2D eigenvalue weighted by atomic mass is 35.5. The highest BCUT2D eigenvalue weighted by Gasteiger charge is 2.18. The van der Waals surface area contributed by atoms with E-state index in [2.05, 4.69) is 10.3 Å². The zero-order chi connectivity index (χ0) is 12.5. The summed E-state index contributed by atoms with van der Waals surface area (Å²) >= 11 is 6.07. The summed E-state index contributed by atoms with van der Waals surface area (Å²) in [5.74, 6) is 0.877. The number of carbonyl (C=O) groups excluding carboxylic acids is 1. The maximum absolute atomic E-state index is 10.6. The number of ether oxygens (including phenoxy) is 1. The number of halogens is 1. The maximum atomic E-state index is 10.6. The van der Waals surface area contributed by atoms with Crippen molar-refractivity contribution < 1.29 is 9.53 Å². The van der Waals surface area contributed by atoms with E-state index in [0.29, 0.717) is 30.2 Å². The van der Waals surface area contributed by atoms with Crippen molar-refractivity contribution in [1.82, 2.24) is 15.0 Å². The summed E-state index contributed by atoms with van der Waals surface area (Å²) in [6.45, 7) is 1.17. The van der Waals surface area contributed by atoms with Crippen molar-refractivity contribution >= 4 is 17.9 Å². The molecule has 2 heterocycles. The van der Waals surface area contributed by atoms with Crippen molar-refractivity contribution in [3.8, 4) is 5.75 Å². The molecule has 0 amide bonds. The molecule has 18 heavy (non-hydrogen) atoms. The van der Waals surface area contributed by atoms with Crippen LogP contribution in [0, 0.1) is 0 Å². The van der Waals surface area contributed by atoms with Crippen molar-refractivity contribution in [1.29, 1.82) is 0 Å². The predicted octanol–water partition coefficient (Wildman–Crippen LogP) is 1.73. The van der Waals surface area contributed by atoms with Gasteiger partial charge in [-0.2, -0.15) is 0 Å². The molecular weight excluding hydrogens is 254 g/mol. The average Bonchev–Trinajstić information content (AvgIpc) is 2.97. The standard InChI is InChI=1S/C12H10ClN3O2/c13-10-3-8-1-2-18-12(8)9(4-10)5-16-6-11(7-17)14-15-16/h3-4,6-7H,1-2,5H2. The van der Waals surface area contributed by atoms with Crippen LogP contribution in [0.25, 0.3) is 0 Å². The number of rotatable bonds is 3. The van der Waals surface area contributed by atoms with Crippen molar-refractivity contribution in [2.75, 3.05) is 6.61 Å². The molecule has 6 heteroatoms. The molecule has 0 saturated carbocycles. The van der Waals surface area contributed by atoms with Gasteiger partial charge < -0.3 is 4.74 Å². The van der Waals surface area contributed by atoms with Gasteiger partial charge in [0.15, 0.2) is 6.29 Å². The predicted molar refractivity (Wildman–Crippen MR) is 65.2 cm³/mol. The fourth-order valence-electron chi connectivity index (χ4n) is 2.08. The molecule has 1 aromatic heterocycles. The van der Waals surface area contributed by atoms with Gasteiger partial charge in [-0.05, 0) is 17.7 Å². The summed E-state index contributed by atoms with van der Waals surface area (Å²) in [6, 6.07) is 3.78. The van der Waals surface area contributed by atoms with Gasteiger partial charge in [0.25, 0.3) is 0 Å². The molecule has 0 fully saturated rings. The molecule has 0 saturated heterocycles. The van der Waals surface area contributed by atoms with E-state index in [-0.39, 0.29) is 0 Å². The van der Waals surface area contributed by atoms with Crippen molar-refractivity contribution in [2.45, 2.75) is 13.0 Å². The van der Waals surface area contributed by atoms with Crippen LogP contribution in [0.3, 0.4) is 0 Å². The molecular formula is C12H10ClN3O2. The minimum atomic E-state index is 0.314. The van der Waals surface area contributed by atoms with Gasteiger partial charge in [0.1, 0.15) is 11.4 Å². The highest BCUT2D eigenvalue weighted by molar-refractivity contribution is 6.30. The first-order valence-electron chi connectivity index (χ1n) is 5.55. The van der Waals surface area contributed by atoms with Crippen LogP contribution in [0.2, 0.25) is 5.02 Å². The lowest BCUT2D eigenvalue weighted by Crippen LogP contribution is -2.02. The van der Waals surface area contributed by atoms with Crippen LogP contribution in [0.15, 0.2) is 18.3 Å². The largest absolute Gasteiger partial charge is 0.493 e. The molecule has 5 nitrogen and oxygen atoms in total. The zero-order valence-electron chi connectivity index (χ0n) is 9.47. The fraction of sp³-hybridized carbons (Fsp3) is 0.250. The summed E-state index contributed by atoms with van der Waals surface area (Å²) in [6.07, 6.45) is 3.14. The molecule has 0 spiro atoms. The molecule has 92 valence electrons. The van der Waals surface area contributed by atoms with Gasteiger partial charge in [-0.1, -0.05) is 16.8 Å². The molecule has 3 rings (SSSR count). The summed E-state index contributed by atoms with van der Waals surface area (Å²) in [7, 11) is 0. The monoisotopic (exact) mass is 263 g/mol. The van der Waals surface area contributed by atoms with Crippen molar-refractivity contribution in [3.63, 3.8) is 0 Å². The molecule has 0 radical (unpaired) electrons. The average molecular weight is 264 g/mol. The van der Waals surface area contributed by atoms with Crippen LogP contribution in [0.5, 0.6) is 5.75 Å². The van der Waals surface area contributed by atoms with Crippen LogP contribution >= 0.6 is 11.6 Å². The summed E-state index contributed by atoms with van der Waals surface area (Å²) < 4.78 is 7.19. The highest BCUT2D eigenvalue weighted by Crippen LogP contribution is 2.33. The third kappa shape index (κ3) is 1.97. The van der Waals surface area contributed by atoms with Crippen LogP contribution < -0.4 is 4.74 Å². The van der Waals surface area contributed by atoms with Crippen LogP contribution in [-0.2, 0) is 13.0 Å². The first-order chi connectivity index (χ1) is 8.76. The number of hydrogen-bond donors (Lipinski definition) is 0. The fourth-order valence-corrected chi connectivity index (χ4v) is 2.35. The normalized spacial score (nSPS) is 13.2. The molecule has 0 N–H and O–H groups in total. The van der Waals surface area contributed by atoms with E-state index in [1.807, 2.05) is 12.1 Å². The number of benzene rings is 1. The Morgan fingerprint density at radius 2 is 2.39 bits per heavy atom. The molecule has 1 aliphatic rings. The number of aldehydes is 1. The van der Waals surface area contributed by atoms with Gasteiger partial charge in [0.05, 0.1) is 19.3 Å². The zero-order valence-corrected chi connectivity index (χ0v) is 10.2. The number of carbonyl (C=O) groups is 1. The Labute approximate surface area is 108 Å². The Kier molecular flexibility index (Phi) is 2.76. The van der Waals surface area contributed by atoms with Crippen LogP contribution in [-0.4, -0.2) is 27.9 Å². The van der Waals surface area contributed by atoms with Crippen molar-refractivity contribution in [3.05, 3.63) is 40.2 Å². The van der Waals surface area contributed by atoms with E-state index in [1.165, 1.54) is 0 Å². The Morgan fingerprint density at radius 1 is 1.50 bits per heavy atom. The maximum Gasteiger partial charge on any atom is 0.171 e. The molecule has 0 aliphatic carbocycles. The van der Waals surface area contributed by atoms with Crippen LogP contribution in [0.4, 0.5) is 0 Å². The second-order valence-corrected chi connectivity index (χ2v) is 4.55. The summed E-state index contributed by atoms with van der Waals surface area (Å²) in [4.78, 5) is 10.6. The third-order valence-electron chi connectivity index (χ3n) is 2.83. The Balaban J connectivity index is 1.95. The number of hydrogen-bond acceptors (Lipinski definition) is 4. The Bertz CT molecular complexity index is 609. The molecule has 0 bridgehead atoms. The minimum absolute atomic E-state index is 0.314. The first kappa shape index (κ1) is 11.2. The second-order valence-electron chi connectivity index (χ2n) is 4.11. The SMILES string of the molecule is O=Cc1cn(Cc2cc(Cl)cc3c2OCC3)nn1. The first-order valence-corrected chi connectivity index (χ1v) is 5.93. The molecule has 0 unspecified atom stereocenters. The van der Waals surface area contributed by atoms with E-state index in [0.717, 1.165) is 23.3 Å². The van der Waals surface area contributed by atoms with E-state index >= 15 is 0 Å². The van der Waals surface area contributed by atoms with Gasteiger partial charge in [0.2, 0.25) is 0 Å². The Morgan fingerprint density at radius 3 is 3.17 bits per heavy atom. The Hall–Kier alpha value is -1.88. The van der Waals surface area contributed by atoms with Gasteiger partial charge in [-0.15, -0.1) is 5.10 Å². The lowest BCUT2D eigenvalue weighted by atomic mass is 10.1. The smallest absolute Gasteiger partial charge is 0.171 e. The van der Waals surface area contributed by atoms with Gasteiger partial charge in [0, 0.05) is 17.0 Å². The molecule has 2 aromatic rings. The van der Waals surface area contributed by atoms with E-state index in [4.69, 9.17) is 16.3 Å². The quantitative estimate of drug-likeness (QED) is 0.792. The van der Waals surface area contributed by atoms with Crippen molar-refractivity contribution in [2.24, 2.45) is 0 Å². The van der Waals surface area contributed by atoms with E-state index < -0.39 is 0 Å². The lowest BCUT2D eigenvalue weighted by Gasteiger charge is -2.08. The summed E-state index contributed by atoms with van der Waals surface area (Å²) in [5, 5.41) is 8.28.